The Morgan fingerprint density at radius 2 is 1.73 bits per heavy atom. The third-order valence-electron chi connectivity index (χ3n) is 4.30. The first kappa shape index (κ1) is 22.9. The number of hydrogen-bond acceptors (Lipinski definition) is 5. The highest BCUT2D eigenvalue weighted by atomic mass is 16.6. The molecule has 0 aromatic heterocycles. The van der Waals surface area contributed by atoms with E-state index in [1.807, 2.05) is 39.0 Å². The number of benzene rings is 2. The molecule has 0 saturated carbocycles. The molecule has 2 aromatic rings. The van der Waals surface area contributed by atoms with Gasteiger partial charge in [0.2, 0.25) is 6.10 Å². The van der Waals surface area contributed by atoms with Gasteiger partial charge in [-0.05, 0) is 37.0 Å². The Balaban J connectivity index is 2.10. The molecule has 0 fully saturated rings. The maximum absolute atomic E-state index is 12.5. The number of carbonyl (C=O) groups is 3. The first-order valence-corrected chi connectivity index (χ1v) is 9.88. The van der Waals surface area contributed by atoms with Crippen molar-refractivity contribution in [2.45, 2.75) is 39.7 Å². The van der Waals surface area contributed by atoms with Crippen LogP contribution in [0.3, 0.4) is 0 Å². The molecule has 30 heavy (non-hydrogen) atoms. The fraction of sp³-hybridized carbons (Fsp3) is 0.348. The minimum absolute atomic E-state index is 0.219. The topological polar surface area (TPSA) is 93.7 Å². The van der Waals surface area contributed by atoms with Gasteiger partial charge in [-0.15, -0.1) is 0 Å². The number of ether oxygens (including phenoxy) is 2. The number of hydrogen-bond donors (Lipinski definition) is 2. The Morgan fingerprint density at radius 1 is 1.03 bits per heavy atom. The zero-order valence-corrected chi connectivity index (χ0v) is 17.7. The van der Waals surface area contributed by atoms with Crippen molar-refractivity contribution in [3.8, 4) is 5.75 Å². The van der Waals surface area contributed by atoms with Crippen molar-refractivity contribution in [3.63, 3.8) is 0 Å². The van der Waals surface area contributed by atoms with Crippen molar-refractivity contribution >= 4 is 17.9 Å². The van der Waals surface area contributed by atoms with Crippen LogP contribution in [0, 0.1) is 6.92 Å². The number of aryl methyl sites for hydroxylation is 1. The molecule has 0 spiro atoms. The van der Waals surface area contributed by atoms with E-state index >= 15 is 0 Å². The van der Waals surface area contributed by atoms with Gasteiger partial charge in [-0.3, -0.25) is 10.1 Å². The average molecular weight is 412 g/mol. The summed E-state index contributed by atoms with van der Waals surface area (Å²) < 4.78 is 11.1. The molecule has 0 aliphatic rings. The van der Waals surface area contributed by atoms with Gasteiger partial charge in [-0.2, -0.15) is 0 Å². The molecule has 1 atom stereocenters. The molecule has 7 heteroatoms. The molecule has 0 unspecified atom stereocenters. The number of amides is 3. The third-order valence-corrected chi connectivity index (χ3v) is 4.30. The number of carbonyl (C=O) groups excluding carboxylic acids is 3. The van der Waals surface area contributed by atoms with Crippen LogP contribution in [-0.4, -0.2) is 31.1 Å². The van der Waals surface area contributed by atoms with Gasteiger partial charge in [-0.25, -0.2) is 9.59 Å². The Kier molecular flexibility index (Phi) is 8.41. The molecule has 3 amide bonds. The van der Waals surface area contributed by atoms with Crippen molar-refractivity contribution in [3.05, 3.63) is 65.2 Å². The van der Waals surface area contributed by atoms with E-state index < -0.39 is 24.0 Å². The number of nitrogens with one attached hydrogen (secondary N) is 2. The summed E-state index contributed by atoms with van der Waals surface area (Å²) in [6.45, 7) is 7.73. The number of rotatable bonds is 8. The lowest BCUT2D eigenvalue weighted by Gasteiger charge is -2.19. The van der Waals surface area contributed by atoms with Gasteiger partial charge in [0.1, 0.15) is 5.75 Å². The van der Waals surface area contributed by atoms with Crippen LogP contribution in [0.25, 0.3) is 0 Å². The van der Waals surface area contributed by atoms with E-state index in [1.165, 1.54) is 0 Å². The summed E-state index contributed by atoms with van der Waals surface area (Å²) in [7, 11) is 0. The van der Waals surface area contributed by atoms with Crippen molar-refractivity contribution in [1.29, 1.82) is 0 Å². The fourth-order valence-electron chi connectivity index (χ4n) is 2.83. The van der Waals surface area contributed by atoms with Crippen LogP contribution in [0.1, 0.15) is 49.5 Å². The van der Waals surface area contributed by atoms with Crippen molar-refractivity contribution in [1.82, 2.24) is 10.6 Å². The Morgan fingerprint density at radius 3 is 2.37 bits per heavy atom. The van der Waals surface area contributed by atoms with E-state index in [2.05, 4.69) is 10.6 Å². The maximum atomic E-state index is 12.5. The minimum atomic E-state index is -1.27. The van der Waals surface area contributed by atoms with E-state index in [-0.39, 0.29) is 12.5 Å². The second-order valence-electron chi connectivity index (χ2n) is 7.11. The van der Waals surface area contributed by atoms with Crippen LogP contribution in [0.15, 0.2) is 48.5 Å². The molecular weight excluding hydrogens is 384 g/mol. The van der Waals surface area contributed by atoms with E-state index in [0.717, 1.165) is 11.1 Å². The maximum Gasteiger partial charge on any atom is 0.345 e. The second kappa shape index (κ2) is 11.0. The van der Waals surface area contributed by atoms with Crippen molar-refractivity contribution in [2.24, 2.45) is 0 Å². The summed E-state index contributed by atoms with van der Waals surface area (Å²) in [5.74, 6) is -0.633. The van der Waals surface area contributed by atoms with Gasteiger partial charge in [0.05, 0.1) is 0 Å². The summed E-state index contributed by atoms with van der Waals surface area (Å²) in [6, 6.07) is 13.7. The van der Waals surface area contributed by atoms with Crippen LogP contribution in [0.2, 0.25) is 0 Å². The SMILES string of the molecule is CCNC(=O)NC(=O)[C@@H](OC(=O)COc1cc(C)ccc1C(C)C)c1ccccc1. The highest BCUT2D eigenvalue weighted by Gasteiger charge is 2.26. The molecule has 0 aliphatic carbocycles. The normalized spacial score (nSPS) is 11.5. The number of esters is 1. The summed E-state index contributed by atoms with van der Waals surface area (Å²) in [6.07, 6.45) is -1.27. The van der Waals surface area contributed by atoms with E-state index in [4.69, 9.17) is 9.47 Å². The molecule has 2 aromatic carbocycles. The molecule has 0 heterocycles. The van der Waals surface area contributed by atoms with Crippen molar-refractivity contribution in [2.75, 3.05) is 13.2 Å². The van der Waals surface area contributed by atoms with Gasteiger partial charge >= 0.3 is 12.0 Å². The monoisotopic (exact) mass is 412 g/mol. The number of imide groups is 1. The zero-order valence-electron chi connectivity index (χ0n) is 17.7. The van der Waals surface area contributed by atoms with Crippen LogP contribution in [0.5, 0.6) is 5.75 Å². The molecule has 0 saturated heterocycles. The summed E-state index contributed by atoms with van der Waals surface area (Å²) in [4.78, 5) is 36.7. The molecular formula is C23H28N2O5. The lowest BCUT2D eigenvalue weighted by molar-refractivity contribution is -0.158. The van der Waals surface area contributed by atoms with Gasteiger partial charge in [0.15, 0.2) is 6.61 Å². The largest absolute Gasteiger partial charge is 0.482 e. The first-order chi connectivity index (χ1) is 14.3. The van der Waals surface area contributed by atoms with Crippen LogP contribution in [-0.2, 0) is 14.3 Å². The second-order valence-corrected chi connectivity index (χ2v) is 7.11. The number of urea groups is 1. The van der Waals surface area contributed by atoms with Gasteiger partial charge in [0, 0.05) is 12.1 Å². The van der Waals surface area contributed by atoms with Gasteiger partial charge in [-0.1, -0.05) is 56.3 Å². The van der Waals surface area contributed by atoms with Crippen LogP contribution < -0.4 is 15.4 Å². The summed E-state index contributed by atoms with van der Waals surface area (Å²) in [5.41, 5.74) is 2.43. The lowest BCUT2D eigenvalue weighted by Crippen LogP contribution is -2.42. The Hall–Kier alpha value is -3.35. The molecule has 2 N–H and O–H groups in total. The quantitative estimate of drug-likeness (QED) is 0.646. The molecule has 160 valence electrons. The van der Waals surface area contributed by atoms with Gasteiger partial charge in [0.25, 0.3) is 5.91 Å². The zero-order chi connectivity index (χ0) is 22.1. The van der Waals surface area contributed by atoms with E-state index in [9.17, 15) is 14.4 Å². The first-order valence-electron chi connectivity index (χ1n) is 9.88. The summed E-state index contributed by atoms with van der Waals surface area (Å²) >= 11 is 0. The predicted molar refractivity (Wildman–Crippen MR) is 113 cm³/mol. The Labute approximate surface area is 176 Å². The van der Waals surface area contributed by atoms with Crippen LogP contribution in [0.4, 0.5) is 4.79 Å². The molecule has 7 nitrogen and oxygen atoms in total. The standard InChI is InChI=1S/C23H28N2O5/c1-5-24-23(28)25-22(27)21(17-9-7-6-8-10-17)30-20(26)14-29-19-13-16(4)11-12-18(19)15(2)3/h6-13,15,21H,5,14H2,1-4H3,(H2,24,25,27,28)/t21-/m0/s1. The smallest absolute Gasteiger partial charge is 0.345 e. The lowest BCUT2D eigenvalue weighted by atomic mass is 10.0. The molecule has 2 rings (SSSR count). The summed E-state index contributed by atoms with van der Waals surface area (Å²) in [5, 5.41) is 4.65. The van der Waals surface area contributed by atoms with Crippen LogP contribution >= 0.6 is 0 Å². The predicted octanol–water partition coefficient (Wildman–Crippen LogP) is 3.63. The Bertz CT molecular complexity index is 880. The van der Waals surface area contributed by atoms with Gasteiger partial charge < -0.3 is 14.8 Å². The van der Waals surface area contributed by atoms with Crippen molar-refractivity contribution < 1.29 is 23.9 Å². The average Bonchev–Trinajstić information content (AvgIpc) is 2.71. The van der Waals surface area contributed by atoms with E-state index in [0.29, 0.717) is 17.9 Å². The minimum Gasteiger partial charge on any atom is -0.482 e. The third kappa shape index (κ3) is 6.62. The highest BCUT2D eigenvalue weighted by molar-refractivity contribution is 5.97. The fourth-order valence-corrected chi connectivity index (χ4v) is 2.83. The molecule has 0 radical (unpaired) electrons. The van der Waals surface area contributed by atoms with E-state index in [1.54, 1.807) is 37.3 Å². The molecule has 0 bridgehead atoms. The highest BCUT2D eigenvalue weighted by Crippen LogP contribution is 2.27. The molecule has 0 aliphatic heterocycles.